The van der Waals surface area contributed by atoms with Crippen molar-refractivity contribution in [2.75, 3.05) is 13.2 Å². The van der Waals surface area contributed by atoms with Crippen molar-refractivity contribution in [1.82, 2.24) is 5.32 Å². The smallest absolute Gasteiger partial charge is 0.305 e. The molecule has 0 spiro atoms. The molecule has 76 heavy (non-hydrogen) atoms. The lowest BCUT2D eigenvalue weighted by Crippen LogP contribution is -2.45. The lowest BCUT2D eigenvalue weighted by molar-refractivity contribution is -0.143. The van der Waals surface area contributed by atoms with Gasteiger partial charge in [-0.2, -0.15) is 0 Å². The van der Waals surface area contributed by atoms with Gasteiger partial charge in [0.2, 0.25) is 5.91 Å². The standard InChI is InChI=1S/C70H137NO5/c1-3-5-7-9-11-13-15-16-17-37-40-44-48-52-56-60-64-70(75)76-65-61-57-53-49-45-41-38-35-33-31-29-27-25-23-21-19-18-20-22-24-26-28-30-32-34-36-39-43-47-51-55-59-63-69(74)71-67(66-72)68(73)62-58-54-50-46-42-14-12-10-8-6-4-2/h58,62,67-68,72-73H,3-57,59-61,63-66H2,1-2H3,(H,71,74)/b62-58+. The molecule has 6 nitrogen and oxygen atoms in total. The largest absolute Gasteiger partial charge is 0.466 e. The molecular weight excluding hydrogens is 935 g/mol. The highest BCUT2D eigenvalue weighted by Gasteiger charge is 2.18. The highest BCUT2D eigenvalue weighted by Crippen LogP contribution is 2.19. The Balaban J connectivity index is 3.29. The maximum absolute atomic E-state index is 12.4. The monoisotopic (exact) mass is 1070 g/mol. The summed E-state index contributed by atoms with van der Waals surface area (Å²) in [5, 5.41) is 23.1. The van der Waals surface area contributed by atoms with Gasteiger partial charge in [0.05, 0.1) is 25.4 Å². The number of aliphatic hydroxyl groups excluding tert-OH is 2. The zero-order valence-corrected chi connectivity index (χ0v) is 51.8. The molecular formula is C70H137NO5. The van der Waals surface area contributed by atoms with Crippen molar-refractivity contribution in [1.29, 1.82) is 0 Å². The molecule has 2 atom stereocenters. The Hall–Kier alpha value is -1.40. The first kappa shape index (κ1) is 74.6. The maximum Gasteiger partial charge on any atom is 0.305 e. The quantitative estimate of drug-likeness (QED) is 0.0320. The number of nitrogens with one attached hydrogen (secondary N) is 1. The van der Waals surface area contributed by atoms with Gasteiger partial charge < -0.3 is 20.3 Å². The molecule has 3 N–H and O–H groups in total. The number of carbonyl (C=O) groups is 2. The third kappa shape index (κ3) is 61.8. The molecule has 0 saturated carbocycles. The predicted molar refractivity (Wildman–Crippen MR) is 333 cm³/mol. The van der Waals surface area contributed by atoms with Crippen molar-refractivity contribution in [2.45, 2.75) is 411 Å². The van der Waals surface area contributed by atoms with Crippen molar-refractivity contribution in [3.05, 3.63) is 12.2 Å². The molecule has 0 bridgehead atoms. The molecule has 0 aromatic rings. The second-order valence-corrected chi connectivity index (χ2v) is 24.2. The third-order valence-electron chi connectivity index (χ3n) is 16.6. The number of esters is 1. The third-order valence-corrected chi connectivity index (χ3v) is 16.6. The lowest BCUT2D eigenvalue weighted by Gasteiger charge is -2.20. The number of rotatable bonds is 66. The van der Waals surface area contributed by atoms with Crippen molar-refractivity contribution < 1.29 is 24.5 Å². The topological polar surface area (TPSA) is 95.9 Å². The van der Waals surface area contributed by atoms with Gasteiger partial charge >= 0.3 is 5.97 Å². The summed E-state index contributed by atoms with van der Waals surface area (Å²) in [4.78, 5) is 24.5. The van der Waals surface area contributed by atoms with Crippen LogP contribution in [0.15, 0.2) is 12.2 Å². The minimum Gasteiger partial charge on any atom is -0.466 e. The first-order chi connectivity index (χ1) is 37.5. The molecule has 0 aliphatic rings. The minimum atomic E-state index is -0.839. The molecule has 2 unspecified atom stereocenters. The fourth-order valence-corrected chi connectivity index (χ4v) is 11.2. The summed E-state index contributed by atoms with van der Waals surface area (Å²) >= 11 is 0. The van der Waals surface area contributed by atoms with Crippen molar-refractivity contribution in [2.24, 2.45) is 0 Å². The predicted octanol–water partition coefficient (Wildman–Crippen LogP) is 22.4. The van der Waals surface area contributed by atoms with Crippen molar-refractivity contribution in [3.63, 3.8) is 0 Å². The van der Waals surface area contributed by atoms with Crippen LogP contribution in [0.1, 0.15) is 399 Å². The molecule has 452 valence electrons. The first-order valence-electron chi connectivity index (χ1n) is 35.0. The normalized spacial score (nSPS) is 12.5. The number of ether oxygens (including phenoxy) is 1. The summed E-state index contributed by atoms with van der Waals surface area (Å²) in [6.07, 6.45) is 81.6. The number of allylic oxidation sites excluding steroid dienone is 1. The van der Waals surface area contributed by atoms with Crippen LogP contribution in [0.3, 0.4) is 0 Å². The van der Waals surface area contributed by atoms with E-state index in [1.54, 1.807) is 6.08 Å². The Morgan fingerprint density at radius 1 is 0.355 bits per heavy atom. The van der Waals surface area contributed by atoms with Crippen LogP contribution >= 0.6 is 0 Å². The first-order valence-corrected chi connectivity index (χ1v) is 35.0. The molecule has 0 fully saturated rings. The summed E-state index contributed by atoms with van der Waals surface area (Å²) in [6.45, 7) is 4.93. The fourth-order valence-electron chi connectivity index (χ4n) is 11.2. The van der Waals surface area contributed by atoms with E-state index in [0.29, 0.717) is 19.4 Å². The Kier molecular flexibility index (Phi) is 64.9. The summed E-state index contributed by atoms with van der Waals surface area (Å²) in [5.74, 6) is -0.0375. The molecule has 0 heterocycles. The number of unbranched alkanes of at least 4 members (excludes halogenated alkanes) is 55. The van der Waals surface area contributed by atoms with Gasteiger partial charge in [0.1, 0.15) is 0 Å². The molecule has 0 aliphatic heterocycles. The summed E-state index contributed by atoms with van der Waals surface area (Å²) in [6, 6.07) is -0.622. The van der Waals surface area contributed by atoms with Crippen LogP contribution in [0.4, 0.5) is 0 Å². The van der Waals surface area contributed by atoms with Gasteiger partial charge in [-0.3, -0.25) is 9.59 Å². The van der Waals surface area contributed by atoms with E-state index < -0.39 is 12.1 Å². The van der Waals surface area contributed by atoms with Crippen LogP contribution in [0, 0.1) is 0 Å². The number of aliphatic hydroxyl groups is 2. The van der Waals surface area contributed by atoms with Gasteiger partial charge in [-0.25, -0.2) is 0 Å². The number of amides is 1. The molecule has 6 heteroatoms. The van der Waals surface area contributed by atoms with E-state index in [0.717, 1.165) is 38.5 Å². The van der Waals surface area contributed by atoms with Gasteiger partial charge in [0, 0.05) is 12.8 Å². The van der Waals surface area contributed by atoms with Crippen LogP contribution in [0.5, 0.6) is 0 Å². The summed E-state index contributed by atoms with van der Waals surface area (Å²) < 4.78 is 5.51. The zero-order valence-electron chi connectivity index (χ0n) is 51.8. The lowest BCUT2D eigenvalue weighted by atomic mass is 10.0. The number of hydrogen-bond acceptors (Lipinski definition) is 5. The van der Waals surface area contributed by atoms with Gasteiger partial charge in [-0.1, -0.05) is 366 Å². The van der Waals surface area contributed by atoms with E-state index in [-0.39, 0.29) is 18.5 Å². The van der Waals surface area contributed by atoms with Crippen LogP contribution in [0.2, 0.25) is 0 Å². The van der Waals surface area contributed by atoms with Gasteiger partial charge in [-0.15, -0.1) is 0 Å². The fraction of sp³-hybridized carbons (Fsp3) is 0.943. The van der Waals surface area contributed by atoms with E-state index in [4.69, 9.17) is 4.74 Å². The van der Waals surface area contributed by atoms with Crippen LogP contribution < -0.4 is 5.32 Å². The molecule has 0 saturated heterocycles. The highest BCUT2D eigenvalue weighted by atomic mass is 16.5. The van der Waals surface area contributed by atoms with E-state index in [2.05, 4.69) is 19.2 Å². The Labute approximate surface area is 476 Å². The highest BCUT2D eigenvalue weighted by molar-refractivity contribution is 5.76. The molecule has 0 aromatic heterocycles. The molecule has 0 aromatic carbocycles. The summed E-state index contributed by atoms with van der Waals surface area (Å²) in [7, 11) is 0. The van der Waals surface area contributed by atoms with E-state index in [1.807, 2.05) is 6.08 Å². The maximum atomic E-state index is 12.4. The van der Waals surface area contributed by atoms with Gasteiger partial charge in [0.15, 0.2) is 0 Å². The Morgan fingerprint density at radius 2 is 0.605 bits per heavy atom. The zero-order chi connectivity index (χ0) is 55.0. The van der Waals surface area contributed by atoms with E-state index in [1.165, 1.54) is 334 Å². The molecule has 0 rings (SSSR count). The molecule has 0 radical (unpaired) electrons. The second kappa shape index (κ2) is 66.1. The average molecular weight is 1070 g/mol. The van der Waals surface area contributed by atoms with Crippen molar-refractivity contribution >= 4 is 11.9 Å². The number of hydrogen-bond donors (Lipinski definition) is 3. The molecule has 1 amide bonds. The number of carbonyl (C=O) groups excluding carboxylic acids is 2. The van der Waals surface area contributed by atoms with E-state index >= 15 is 0 Å². The van der Waals surface area contributed by atoms with Crippen LogP contribution in [-0.2, 0) is 14.3 Å². The average Bonchev–Trinajstić information content (AvgIpc) is 3.42. The Morgan fingerprint density at radius 3 is 0.895 bits per heavy atom. The van der Waals surface area contributed by atoms with Crippen LogP contribution in [0.25, 0.3) is 0 Å². The second-order valence-electron chi connectivity index (χ2n) is 24.2. The van der Waals surface area contributed by atoms with Gasteiger partial charge in [-0.05, 0) is 32.1 Å². The van der Waals surface area contributed by atoms with Gasteiger partial charge in [0.25, 0.3) is 0 Å². The van der Waals surface area contributed by atoms with Crippen molar-refractivity contribution in [3.8, 4) is 0 Å². The van der Waals surface area contributed by atoms with Crippen LogP contribution in [-0.4, -0.2) is 47.4 Å². The minimum absolute atomic E-state index is 0.0252. The SMILES string of the molecule is CCCCCCCCCCC/C=C/C(O)C(CO)NC(=O)CCCCCCCCCCCCCCCCCCCCCCCCCCCCCCCCCCOC(=O)CCCCCCCCCCCCCCCCCC. The summed E-state index contributed by atoms with van der Waals surface area (Å²) in [5.41, 5.74) is 0. The van der Waals surface area contributed by atoms with E-state index in [9.17, 15) is 19.8 Å². The molecule has 0 aliphatic carbocycles. The Bertz CT molecular complexity index is 1140.